The Kier molecular flexibility index (Phi) is 4.51. The molecular weight excluding hydrogens is 402 g/mol. The van der Waals surface area contributed by atoms with Crippen LogP contribution in [-0.4, -0.2) is 38.5 Å². The molecule has 2 aliphatic rings. The number of nitrogens with zero attached hydrogens (tertiary/aromatic N) is 4. The van der Waals surface area contributed by atoms with Gasteiger partial charge in [-0.15, -0.1) is 5.10 Å². The first-order valence-electron chi connectivity index (χ1n) is 10.3. The van der Waals surface area contributed by atoms with E-state index in [1.54, 1.807) is 12.3 Å². The Labute approximate surface area is 178 Å². The minimum Gasteiger partial charge on any atom is -0.461 e. The van der Waals surface area contributed by atoms with Crippen LogP contribution in [0.15, 0.2) is 36.5 Å². The predicted octanol–water partition coefficient (Wildman–Crippen LogP) is 3.79. The molecular formula is C23H22F2N4O2. The molecule has 2 bridgehead atoms. The zero-order chi connectivity index (χ0) is 21.8. The molecule has 3 aromatic rings. The van der Waals surface area contributed by atoms with Crippen molar-refractivity contribution in [2.75, 3.05) is 13.2 Å². The largest absolute Gasteiger partial charge is 0.461 e. The minimum atomic E-state index is -0.659. The van der Waals surface area contributed by atoms with Crippen molar-refractivity contribution in [3.8, 4) is 17.3 Å². The summed E-state index contributed by atoms with van der Waals surface area (Å²) in [5.41, 5.74) is 1.82. The molecule has 2 aliphatic carbocycles. The third-order valence-corrected chi connectivity index (χ3v) is 6.99. The molecule has 8 heteroatoms. The van der Waals surface area contributed by atoms with Gasteiger partial charge in [-0.25, -0.2) is 13.8 Å². The number of halogens is 2. The zero-order valence-electron chi connectivity index (χ0n) is 17.3. The molecule has 0 unspecified atom stereocenters. The average Bonchev–Trinajstić information content (AvgIpc) is 3.14. The van der Waals surface area contributed by atoms with Crippen molar-refractivity contribution in [3.05, 3.63) is 65.1 Å². The van der Waals surface area contributed by atoms with Crippen LogP contribution in [0.4, 0.5) is 8.78 Å². The van der Waals surface area contributed by atoms with Gasteiger partial charge in [0.25, 0.3) is 0 Å². The van der Waals surface area contributed by atoms with Gasteiger partial charge in [-0.2, -0.15) is 10.1 Å². The van der Waals surface area contributed by atoms with Gasteiger partial charge in [-0.1, -0.05) is 19.9 Å². The van der Waals surface area contributed by atoms with Gasteiger partial charge in [0.05, 0.1) is 34.7 Å². The maximum Gasteiger partial charge on any atom is 0.316 e. The van der Waals surface area contributed by atoms with Crippen LogP contribution in [0.3, 0.4) is 0 Å². The van der Waals surface area contributed by atoms with E-state index in [1.165, 1.54) is 18.2 Å². The van der Waals surface area contributed by atoms with Gasteiger partial charge < -0.3 is 9.84 Å². The Hall–Kier alpha value is -3.00. The molecule has 1 N–H and O–H groups in total. The van der Waals surface area contributed by atoms with Gasteiger partial charge in [-0.05, 0) is 54.0 Å². The number of aliphatic hydroxyl groups is 1. The Morgan fingerprint density at radius 1 is 1.16 bits per heavy atom. The summed E-state index contributed by atoms with van der Waals surface area (Å²) in [7, 11) is 0. The lowest BCUT2D eigenvalue weighted by Gasteiger charge is -2.37. The second-order valence-electron chi connectivity index (χ2n) is 8.64. The topological polar surface area (TPSA) is 81.0 Å². The molecule has 1 fully saturated rings. The predicted molar refractivity (Wildman–Crippen MR) is 109 cm³/mol. The number of ether oxygens (including phenoxy) is 1. The molecule has 1 aromatic carbocycles. The summed E-state index contributed by atoms with van der Waals surface area (Å²) in [5.74, 6) is -1.16. The van der Waals surface area contributed by atoms with Crippen LogP contribution in [0.2, 0.25) is 0 Å². The van der Waals surface area contributed by atoms with Gasteiger partial charge in [0.15, 0.2) is 0 Å². The van der Waals surface area contributed by atoms with E-state index in [0.717, 1.165) is 29.8 Å². The second-order valence-corrected chi connectivity index (χ2v) is 8.64. The number of fused-ring (bicyclic) bond motifs is 5. The van der Waals surface area contributed by atoms with E-state index in [2.05, 4.69) is 34.0 Å². The molecule has 0 spiro atoms. The molecule has 0 saturated heterocycles. The molecule has 2 heterocycles. The molecule has 0 amide bonds. The van der Waals surface area contributed by atoms with Crippen molar-refractivity contribution in [2.24, 2.45) is 5.41 Å². The second kappa shape index (κ2) is 7.02. The molecule has 1 saturated carbocycles. The number of rotatable bonds is 5. The fourth-order valence-corrected chi connectivity index (χ4v) is 5.54. The molecule has 5 rings (SSSR count). The summed E-state index contributed by atoms with van der Waals surface area (Å²) < 4.78 is 34.1. The van der Waals surface area contributed by atoms with E-state index >= 15 is 0 Å². The normalized spacial score (nSPS) is 23.1. The summed E-state index contributed by atoms with van der Waals surface area (Å²) in [5, 5.41) is 17.8. The number of benzene rings is 1. The summed E-state index contributed by atoms with van der Waals surface area (Å²) in [6, 6.07) is 7.62. The molecule has 2 aromatic heterocycles. The first-order valence-corrected chi connectivity index (χ1v) is 10.3. The van der Waals surface area contributed by atoms with Crippen LogP contribution in [-0.2, 0) is 5.41 Å². The van der Waals surface area contributed by atoms with Gasteiger partial charge in [-0.3, -0.25) is 0 Å². The maximum absolute atomic E-state index is 14.4. The van der Waals surface area contributed by atoms with E-state index in [-0.39, 0.29) is 41.8 Å². The van der Waals surface area contributed by atoms with Gasteiger partial charge in [0.1, 0.15) is 18.2 Å². The monoisotopic (exact) mass is 424 g/mol. The first-order chi connectivity index (χ1) is 14.9. The zero-order valence-corrected chi connectivity index (χ0v) is 17.3. The molecule has 2 atom stereocenters. The highest BCUT2D eigenvalue weighted by Crippen LogP contribution is 2.69. The SMILES string of the molecule is CC1(C)[C@H]2CC[C@]1(c1ccnc(OCCO)n1)c1nnc(-c3c(F)cccc3F)cc12. The highest BCUT2D eigenvalue weighted by Gasteiger charge is 2.65. The van der Waals surface area contributed by atoms with Gasteiger partial charge in [0.2, 0.25) is 0 Å². The molecule has 31 heavy (non-hydrogen) atoms. The highest BCUT2D eigenvalue weighted by atomic mass is 19.1. The van der Waals surface area contributed by atoms with Crippen molar-refractivity contribution in [1.29, 1.82) is 0 Å². The van der Waals surface area contributed by atoms with Crippen LogP contribution in [0.25, 0.3) is 11.3 Å². The molecule has 160 valence electrons. The summed E-state index contributed by atoms with van der Waals surface area (Å²) in [6.07, 6.45) is 3.37. The summed E-state index contributed by atoms with van der Waals surface area (Å²) >= 11 is 0. The van der Waals surface area contributed by atoms with E-state index in [9.17, 15) is 8.78 Å². The first kappa shape index (κ1) is 19.9. The van der Waals surface area contributed by atoms with Crippen LogP contribution in [0.1, 0.15) is 49.6 Å². The lowest BCUT2D eigenvalue weighted by Crippen LogP contribution is -2.38. The average molecular weight is 424 g/mol. The molecule has 6 nitrogen and oxygen atoms in total. The molecule has 0 radical (unpaired) electrons. The lowest BCUT2D eigenvalue weighted by molar-refractivity contribution is 0.188. The quantitative estimate of drug-likeness (QED) is 0.671. The van der Waals surface area contributed by atoms with E-state index < -0.39 is 17.0 Å². The maximum atomic E-state index is 14.4. The van der Waals surface area contributed by atoms with Crippen LogP contribution >= 0.6 is 0 Å². The van der Waals surface area contributed by atoms with Crippen LogP contribution in [0.5, 0.6) is 6.01 Å². The third-order valence-electron chi connectivity index (χ3n) is 6.99. The highest BCUT2D eigenvalue weighted by molar-refractivity contribution is 5.64. The van der Waals surface area contributed by atoms with E-state index in [1.807, 2.05) is 6.07 Å². The number of hydrogen-bond donors (Lipinski definition) is 1. The Balaban J connectivity index is 1.66. The standard InChI is InChI=1S/C23H22F2N4O2/c1-22(2)14-6-8-23(22,18-7-9-26-21(27-18)31-11-10-30)20-13(14)12-17(28-29-20)19-15(24)4-3-5-16(19)25/h3-5,7,9,12,14,30H,6,8,10-11H2,1-2H3/t14-,23-/m0/s1. The Morgan fingerprint density at radius 3 is 2.68 bits per heavy atom. The number of aromatic nitrogens is 4. The van der Waals surface area contributed by atoms with Crippen LogP contribution < -0.4 is 4.74 Å². The Morgan fingerprint density at radius 2 is 1.94 bits per heavy atom. The third kappa shape index (κ3) is 2.70. The summed E-state index contributed by atoms with van der Waals surface area (Å²) in [6.45, 7) is 4.32. The Bertz CT molecular complexity index is 1150. The van der Waals surface area contributed by atoms with E-state index in [4.69, 9.17) is 9.84 Å². The fraction of sp³-hybridized carbons (Fsp3) is 0.391. The number of hydrogen-bond acceptors (Lipinski definition) is 6. The van der Waals surface area contributed by atoms with Gasteiger partial charge in [0, 0.05) is 6.20 Å². The van der Waals surface area contributed by atoms with Crippen molar-refractivity contribution in [3.63, 3.8) is 0 Å². The van der Waals surface area contributed by atoms with E-state index in [0.29, 0.717) is 0 Å². The van der Waals surface area contributed by atoms with Crippen molar-refractivity contribution in [1.82, 2.24) is 20.2 Å². The molecule has 0 aliphatic heterocycles. The van der Waals surface area contributed by atoms with Gasteiger partial charge >= 0.3 is 6.01 Å². The van der Waals surface area contributed by atoms with Crippen molar-refractivity contribution in [2.45, 2.75) is 38.0 Å². The fourth-order valence-electron chi connectivity index (χ4n) is 5.54. The lowest BCUT2D eigenvalue weighted by atomic mass is 9.66. The minimum absolute atomic E-state index is 0.108. The smallest absolute Gasteiger partial charge is 0.316 e. The van der Waals surface area contributed by atoms with Crippen molar-refractivity contribution >= 4 is 0 Å². The van der Waals surface area contributed by atoms with Crippen LogP contribution in [0, 0.1) is 17.0 Å². The number of aliphatic hydroxyl groups excluding tert-OH is 1. The summed E-state index contributed by atoms with van der Waals surface area (Å²) in [4.78, 5) is 8.77. The van der Waals surface area contributed by atoms with Crippen molar-refractivity contribution < 1.29 is 18.6 Å².